The van der Waals surface area contributed by atoms with Crippen molar-refractivity contribution in [2.45, 2.75) is 11.7 Å². The fraction of sp³-hybridized carbons (Fsp3) is 0.522. The Hall–Kier alpha value is -2.53. The van der Waals surface area contributed by atoms with Crippen molar-refractivity contribution < 1.29 is 23.8 Å². The van der Waals surface area contributed by atoms with Gasteiger partial charge in [-0.15, -0.1) is 0 Å². The van der Waals surface area contributed by atoms with E-state index >= 15 is 0 Å². The van der Waals surface area contributed by atoms with E-state index in [2.05, 4.69) is 15.2 Å². The first-order chi connectivity index (χ1) is 16.1. The summed E-state index contributed by atoms with van der Waals surface area (Å²) in [6, 6.07) is 5.69. The van der Waals surface area contributed by atoms with Crippen molar-refractivity contribution in [1.29, 1.82) is 0 Å². The topological polar surface area (TPSA) is 93.2 Å². The quantitative estimate of drug-likeness (QED) is 0.631. The summed E-state index contributed by atoms with van der Waals surface area (Å²) < 4.78 is 17.9. The third kappa shape index (κ3) is 3.43. The molecule has 1 N–H and O–H groups in total. The molecule has 33 heavy (non-hydrogen) atoms. The van der Waals surface area contributed by atoms with Crippen LogP contribution in [0.25, 0.3) is 10.2 Å². The predicted octanol–water partition coefficient (Wildman–Crippen LogP) is 1.04. The van der Waals surface area contributed by atoms with Crippen molar-refractivity contribution in [3.05, 3.63) is 30.4 Å². The molecule has 174 valence electrons. The Bertz CT molecular complexity index is 1130. The second-order valence-electron chi connectivity index (χ2n) is 8.90. The third-order valence-corrected chi connectivity index (χ3v) is 8.11. The smallest absolute Gasteiger partial charge is 0.236 e. The summed E-state index contributed by atoms with van der Waals surface area (Å²) in [6.45, 7) is 4.90. The lowest BCUT2D eigenvalue weighted by atomic mass is 9.77. The Morgan fingerprint density at radius 3 is 3.03 bits per heavy atom. The highest BCUT2D eigenvalue weighted by atomic mass is 32.1. The number of rotatable bonds is 6. The van der Waals surface area contributed by atoms with Crippen LogP contribution in [-0.2, 0) is 19.1 Å². The molecule has 6 rings (SSSR count). The molecule has 4 atom stereocenters. The minimum atomic E-state index is -0.760. The van der Waals surface area contributed by atoms with E-state index in [-0.39, 0.29) is 17.9 Å². The van der Waals surface area contributed by atoms with E-state index in [4.69, 9.17) is 14.2 Å². The maximum atomic E-state index is 13.6. The van der Waals surface area contributed by atoms with E-state index in [9.17, 15) is 9.59 Å². The minimum Gasteiger partial charge on any atom is -0.497 e. The van der Waals surface area contributed by atoms with Crippen LogP contribution in [0.3, 0.4) is 0 Å². The van der Waals surface area contributed by atoms with E-state index in [1.807, 2.05) is 30.4 Å². The summed E-state index contributed by atoms with van der Waals surface area (Å²) in [4.78, 5) is 35.3. The molecule has 3 saturated heterocycles. The highest BCUT2D eigenvalue weighted by Gasteiger charge is 2.67. The molecule has 1 aromatic heterocycles. The number of amides is 2. The van der Waals surface area contributed by atoms with Gasteiger partial charge in [0.05, 0.1) is 55.0 Å². The summed E-state index contributed by atoms with van der Waals surface area (Å²) in [5.41, 5.74) is 0.0265. The Morgan fingerprint density at radius 2 is 2.21 bits per heavy atom. The first-order valence-electron chi connectivity index (χ1n) is 11.3. The van der Waals surface area contributed by atoms with Gasteiger partial charge < -0.3 is 19.5 Å². The van der Waals surface area contributed by atoms with Crippen LogP contribution in [0.15, 0.2) is 30.4 Å². The first-order valence-corrected chi connectivity index (χ1v) is 12.1. The van der Waals surface area contributed by atoms with Crippen molar-refractivity contribution >= 4 is 38.5 Å². The van der Waals surface area contributed by atoms with Crippen molar-refractivity contribution in [3.8, 4) is 5.75 Å². The van der Waals surface area contributed by atoms with E-state index in [1.165, 1.54) is 11.3 Å². The largest absolute Gasteiger partial charge is 0.497 e. The average Bonchev–Trinajstić information content (AvgIpc) is 3.58. The number of aromatic nitrogens is 1. The van der Waals surface area contributed by atoms with Gasteiger partial charge >= 0.3 is 0 Å². The molecule has 1 spiro atoms. The molecule has 4 aliphatic rings. The highest BCUT2D eigenvalue weighted by Crippen LogP contribution is 2.53. The minimum absolute atomic E-state index is 0.0961. The summed E-state index contributed by atoms with van der Waals surface area (Å²) in [6.07, 6.45) is 3.54. The summed E-state index contributed by atoms with van der Waals surface area (Å²) >= 11 is 1.46. The number of hydrogen-bond acceptors (Lipinski definition) is 8. The van der Waals surface area contributed by atoms with Gasteiger partial charge in [0.1, 0.15) is 11.4 Å². The van der Waals surface area contributed by atoms with E-state index in [0.29, 0.717) is 18.2 Å². The number of carbonyl (C=O) groups is 2. The molecular formula is C23H26N4O5S. The van der Waals surface area contributed by atoms with Crippen molar-refractivity contribution in [1.82, 2.24) is 15.2 Å². The molecule has 0 unspecified atom stereocenters. The number of benzene rings is 1. The molecule has 10 heteroatoms. The molecule has 1 aromatic carbocycles. The Morgan fingerprint density at radius 1 is 1.36 bits per heavy atom. The molecule has 0 saturated carbocycles. The molecule has 2 amide bonds. The maximum absolute atomic E-state index is 13.6. The van der Waals surface area contributed by atoms with Crippen molar-refractivity contribution in [2.75, 3.05) is 57.9 Å². The SMILES string of the molecule is COc1ccc2sc(N3C[C@@]45C=C[C@@H](O4)[C@@H](C(=O)NCCN4CCOCC4)[C@@H]5C3=O)nc2c1. The standard InChI is InChI=1S/C23H26N4O5S/c1-30-14-2-3-17-15(12-14)25-22(33-17)27-13-23-5-4-16(32-23)18(19(23)21(27)29)20(28)24-6-7-26-8-10-31-11-9-26/h2-5,12,16,18-19H,6-11,13H2,1H3,(H,24,28)/t16-,18-,19-,23-/m1/s1. The van der Waals surface area contributed by atoms with Crippen LogP contribution < -0.4 is 15.0 Å². The monoisotopic (exact) mass is 470 g/mol. The Kier molecular flexibility index (Phi) is 5.13. The van der Waals surface area contributed by atoms with Gasteiger partial charge in [-0.3, -0.25) is 19.4 Å². The molecule has 4 aliphatic heterocycles. The predicted molar refractivity (Wildman–Crippen MR) is 123 cm³/mol. The first kappa shape index (κ1) is 21.0. The normalized spacial score (nSPS) is 30.9. The Balaban J connectivity index is 1.19. The second-order valence-corrected chi connectivity index (χ2v) is 9.91. The number of morpholine rings is 1. The van der Waals surface area contributed by atoms with Gasteiger partial charge in [0, 0.05) is 32.2 Å². The number of thiazole rings is 1. The van der Waals surface area contributed by atoms with Crippen LogP contribution in [-0.4, -0.2) is 86.5 Å². The molecule has 5 heterocycles. The van der Waals surface area contributed by atoms with Crippen molar-refractivity contribution in [2.24, 2.45) is 11.8 Å². The fourth-order valence-corrected chi connectivity index (χ4v) is 6.33. The van der Waals surface area contributed by atoms with Gasteiger partial charge in [0.15, 0.2) is 5.13 Å². The lowest BCUT2D eigenvalue weighted by molar-refractivity contribution is -0.132. The van der Waals surface area contributed by atoms with Gasteiger partial charge in [0.25, 0.3) is 0 Å². The second kappa shape index (κ2) is 8.05. The van der Waals surface area contributed by atoms with Gasteiger partial charge in [-0.2, -0.15) is 0 Å². The maximum Gasteiger partial charge on any atom is 0.236 e. The van der Waals surface area contributed by atoms with Crippen LogP contribution in [0.2, 0.25) is 0 Å². The fourth-order valence-electron chi connectivity index (χ4n) is 5.38. The van der Waals surface area contributed by atoms with Crippen LogP contribution in [0.1, 0.15) is 0 Å². The van der Waals surface area contributed by atoms with Crippen LogP contribution in [0.5, 0.6) is 5.75 Å². The van der Waals surface area contributed by atoms with Gasteiger partial charge in [0.2, 0.25) is 11.8 Å². The number of hydrogen-bond donors (Lipinski definition) is 1. The number of nitrogens with one attached hydrogen (secondary N) is 1. The molecule has 3 fully saturated rings. The van der Waals surface area contributed by atoms with E-state index < -0.39 is 17.4 Å². The van der Waals surface area contributed by atoms with Crippen LogP contribution in [0, 0.1) is 11.8 Å². The molecule has 2 bridgehead atoms. The van der Waals surface area contributed by atoms with Crippen LogP contribution >= 0.6 is 11.3 Å². The molecule has 0 radical (unpaired) electrons. The molecule has 9 nitrogen and oxygen atoms in total. The van der Waals surface area contributed by atoms with Gasteiger partial charge in [-0.1, -0.05) is 23.5 Å². The summed E-state index contributed by atoms with van der Waals surface area (Å²) in [5.74, 6) is -0.541. The average molecular weight is 471 g/mol. The van der Waals surface area contributed by atoms with Gasteiger partial charge in [-0.25, -0.2) is 4.98 Å². The zero-order valence-corrected chi connectivity index (χ0v) is 19.2. The number of fused-ring (bicyclic) bond motifs is 2. The van der Waals surface area contributed by atoms with Crippen molar-refractivity contribution in [3.63, 3.8) is 0 Å². The lowest BCUT2D eigenvalue weighted by Crippen LogP contribution is -2.46. The molecule has 0 aliphatic carbocycles. The molecular weight excluding hydrogens is 444 g/mol. The van der Waals surface area contributed by atoms with E-state index in [0.717, 1.165) is 48.8 Å². The number of methoxy groups -OCH3 is 1. The number of ether oxygens (including phenoxy) is 3. The number of carbonyl (C=O) groups excluding carboxylic acids is 2. The van der Waals surface area contributed by atoms with Gasteiger partial charge in [-0.05, 0) is 12.1 Å². The number of anilines is 1. The summed E-state index contributed by atoms with van der Waals surface area (Å²) in [7, 11) is 1.62. The lowest BCUT2D eigenvalue weighted by Gasteiger charge is -2.27. The van der Waals surface area contributed by atoms with Crippen LogP contribution in [0.4, 0.5) is 5.13 Å². The third-order valence-electron chi connectivity index (χ3n) is 7.05. The number of nitrogens with zero attached hydrogens (tertiary/aromatic N) is 3. The Labute approximate surface area is 195 Å². The van der Waals surface area contributed by atoms with E-state index in [1.54, 1.807) is 12.0 Å². The summed E-state index contributed by atoms with van der Waals surface area (Å²) in [5, 5.41) is 3.67. The zero-order valence-electron chi connectivity index (χ0n) is 18.4. The molecule has 2 aromatic rings. The highest BCUT2D eigenvalue weighted by molar-refractivity contribution is 7.22. The zero-order chi connectivity index (χ0) is 22.6.